The van der Waals surface area contributed by atoms with Crippen LogP contribution in [0, 0.1) is 23.2 Å². The van der Waals surface area contributed by atoms with E-state index in [1.165, 1.54) is 24.8 Å². The summed E-state index contributed by atoms with van der Waals surface area (Å²) in [5.41, 5.74) is 3.16. The lowest BCUT2D eigenvalue weighted by atomic mass is 9.59. The maximum atomic E-state index is 12.6. The summed E-state index contributed by atoms with van der Waals surface area (Å²) in [7, 11) is 0. The molecule has 0 aromatic heterocycles. The van der Waals surface area contributed by atoms with Crippen LogP contribution < -0.4 is 5.32 Å². The Hall–Kier alpha value is -1.61. The van der Waals surface area contributed by atoms with E-state index in [1.54, 1.807) is 5.57 Å². The van der Waals surface area contributed by atoms with Gasteiger partial charge >= 0.3 is 5.97 Å². The van der Waals surface area contributed by atoms with E-state index in [9.17, 15) is 4.79 Å². The Bertz CT molecular complexity index is 697. The van der Waals surface area contributed by atoms with Crippen molar-refractivity contribution in [2.24, 2.45) is 23.2 Å². The molecule has 0 bridgehead atoms. The summed E-state index contributed by atoms with van der Waals surface area (Å²) in [6, 6.07) is 10.9. The SMILES string of the molecule is C[C@H]([NH2+]C[C@@H]1C(=O)O[C@@H]2C[C@@]3(C)CCC[C@H](C)C3=C[C@H]12)c1ccccc1. The van der Waals surface area contributed by atoms with Gasteiger partial charge in [0.15, 0.2) is 0 Å². The Morgan fingerprint density at radius 1 is 1.31 bits per heavy atom. The Morgan fingerprint density at radius 2 is 2.08 bits per heavy atom. The first-order valence-corrected chi connectivity index (χ1v) is 10.3. The number of hydrogen-bond acceptors (Lipinski definition) is 2. The van der Waals surface area contributed by atoms with Gasteiger partial charge in [0.25, 0.3) is 0 Å². The molecule has 3 nitrogen and oxygen atoms in total. The third-order valence-electron chi connectivity index (χ3n) is 7.15. The van der Waals surface area contributed by atoms with Crippen LogP contribution in [-0.2, 0) is 9.53 Å². The summed E-state index contributed by atoms with van der Waals surface area (Å²) in [6.45, 7) is 7.77. The van der Waals surface area contributed by atoms with Gasteiger partial charge in [0, 0.05) is 11.5 Å². The average Bonchev–Trinajstić information content (AvgIpc) is 2.92. The van der Waals surface area contributed by atoms with Crippen molar-refractivity contribution in [3.8, 4) is 0 Å². The zero-order valence-corrected chi connectivity index (χ0v) is 16.3. The number of benzene rings is 1. The third kappa shape index (κ3) is 3.11. The maximum Gasteiger partial charge on any atom is 0.315 e. The van der Waals surface area contributed by atoms with Crippen molar-refractivity contribution in [2.45, 2.75) is 58.6 Å². The van der Waals surface area contributed by atoms with Gasteiger partial charge in [-0.3, -0.25) is 4.79 Å². The number of esters is 1. The highest BCUT2D eigenvalue weighted by Gasteiger charge is 2.52. The van der Waals surface area contributed by atoms with E-state index >= 15 is 0 Å². The molecule has 1 aromatic rings. The van der Waals surface area contributed by atoms with Crippen molar-refractivity contribution in [1.29, 1.82) is 0 Å². The number of fused-ring (bicyclic) bond motifs is 2. The topological polar surface area (TPSA) is 42.9 Å². The van der Waals surface area contributed by atoms with E-state index in [1.807, 2.05) is 6.07 Å². The van der Waals surface area contributed by atoms with E-state index in [0.29, 0.717) is 12.0 Å². The molecule has 1 heterocycles. The molecule has 1 saturated carbocycles. The lowest BCUT2D eigenvalue weighted by molar-refractivity contribution is -0.696. The second kappa shape index (κ2) is 6.84. The van der Waals surface area contributed by atoms with Gasteiger partial charge in [-0.15, -0.1) is 0 Å². The number of quaternary nitrogens is 1. The minimum atomic E-state index is -0.00246. The summed E-state index contributed by atoms with van der Waals surface area (Å²) < 4.78 is 5.86. The Balaban J connectivity index is 1.50. The van der Waals surface area contributed by atoms with E-state index in [2.05, 4.69) is 56.4 Å². The molecule has 2 fully saturated rings. The summed E-state index contributed by atoms with van der Waals surface area (Å²) in [5, 5.41) is 2.31. The highest BCUT2D eigenvalue weighted by atomic mass is 16.6. The molecule has 1 aliphatic heterocycles. The predicted molar refractivity (Wildman–Crippen MR) is 102 cm³/mol. The maximum absolute atomic E-state index is 12.6. The van der Waals surface area contributed by atoms with Gasteiger partial charge in [-0.2, -0.15) is 0 Å². The number of nitrogens with two attached hydrogens (primary N) is 1. The molecule has 0 spiro atoms. The molecule has 1 aromatic carbocycles. The zero-order chi connectivity index (χ0) is 18.3. The van der Waals surface area contributed by atoms with E-state index < -0.39 is 0 Å². The molecule has 3 aliphatic rings. The minimum Gasteiger partial charge on any atom is -0.461 e. The summed E-state index contributed by atoms with van der Waals surface area (Å²) in [4.78, 5) is 12.6. The summed E-state index contributed by atoms with van der Waals surface area (Å²) >= 11 is 0. The van der Waals surface area contributed by atoms with Gasteiger partial charge in [-0.25, -0.2) is 0 Å². The number of carbonyl (C=O) groups excluding carboxylic acids is 1. The second-order valence-electron chi connectivity index (χ2n) is 9.01. The molecule has 4 rings (SSSR count). The molecule has 26 heavy (non-hydrogen) atoms. The van der Waals surface area contributed by atoms with Crippen LogP contribution in [0.4, 0.5) is 0 Å². The van der Waals surface area contributed by atoms with Gasteiger partial charge in [0.1, 0.15) is 18.1 Å². The molecule has 140 valence electrons. The van der Waals surface area contributed by atoms with E-state index in [0.717, 1.165) is 13.0 Å². The highest BCUT2D eigenvalue weighted by molar-refractivity contribution is 5.76. The van der Waals surface area contributed by atoms with Gasteiger partial charge in [0.05, 0.1) is 6.54 Å². The van der Waals surface area contributed by atoms with Crippen LogP contribution in [0.2, 0.25) is 0 Å². The van der Waals surface area contributed by atoms with Crippen molar-refractivity contribution in [3.05, 3.63) is 47.5 Å². The monoisotopic (exact) mass is 354 g/mol. The Morgan fingerprint density at radius 3 is 2.85 bits per heavy atom. The van der Waals surface area contributed by atoms with Crippen molar-refractivity contribution in [2.75, 3.05) is 6.54 Å². The quantitative estimate of drug-likeness (QED) is 0.663. The number of allylic oxidation sites excluding steroid dienone is 1. The van der Waals surface area contributed by atoms with Gasteiger partial charge in [-0.1, -0.05) is 62.2 Å². The number of carbonyl (C=O) groups is 1. The van der Waals surface area contributed by atoms with E-state index in [-0.39, 0.29) is 29.3 Å². The number of hydrogen-bond donors (Lipinski definition) is 1. The van der Waals surface area contributed by atoms with Crippen LogP contribution in [-0.4, -0.2) is 18.6 Å². The fraction of sp³-hybridized carbons (Fsp3) is 0.609. The molecule has 3 heteroatoms. The van der Waals surface area contributed by atoms with E-state index in [4.69, 9.17) is 4.74 Å². The summed E-state index contributed by atoms with van der Waals surface area (Å²) in [6.07, 6.45) is 7.39. The van der Waals surface area contributed by atoms with Gasteiger partial charge in [0.2, 0.25) is 0 Å². The molecule has 0 unspecified atom stereocenters. The van der Waals surface area contributed by atoms with Gasteiger partial charge in [-0.05, 0) is 37.5 Å². The zero-order valence-electron chi connectivity index (χ0n) is 16.3. The lowest BCUT2D eigenvalue weighted by Gasteiger charge is -2.45. The predicted octanol–water partition coefficient (Wildman–Crippen LogP) is 3.63. The largest absolute Gasteiger partial charge is 0.461 e. The molecule has 0 radical (unpaired) electrons. The van der Waals surface area contributed by atoms with Crippen molar-refractivity contribution >= 4 is 5.97 Å². The van der Waals surface area contributed by atoms with Crippen LogP contribution in [0.1, 0.15) is 58.1 Å². The minimum absolute atomic E-state index is 0.00246. The van der Waals surface area contributed by atoms with Crippen LogP contribution in [0.15, 0.2) is 42.0 Å². The van der Waals surface area contributed by atoms with Crippen LogP contribution in [0.3, 0.4) is 0 Å². The highest BCUT2D eigenvalue weighted by Crippen LogP contribution is 2.53. The second-order valence-corrected chi connectivity index (χ2v) is 9.01. The molecular weight excluding hydrogens is 322 g/mol. The van der Waals surface area contributed by atoms with Crippen LogP contribution >= 0.6 is 0 Å². The van der Waals surface area contributed by atoms with Crippen LogP contribution in [0.25, 0.3) is 0 Å². The van der Waals surface area contributed by atoms with Crippen molar-refractivity contribution in [3.63, 3.8) is 0 Å². The normalized spacial score (nSPS) is 37.3. The molecule has 2 aliphatic carbocycles. The van der Waals surface area contributed by atoms with Crippen molar-refractivity contribution in [1.82, 2.24) is 0 Å². The summed E-state index contributed by atoms with van der Waals surface area (Å²) in [5.74, 6) is 0.934. The molecule has 0 amide bonds. The Labute approximate surface area is 157 Å². The smallest absolute Gasteiger partial charge is 0.315 e. The fourth-order valence-corrected chi connectivity index (χ4v) is 5.56. The fourth-order valence-electron chi connectivity index (χ4n) is 5.56. The standard InChI is InChI=1S/C23H31NO2/c1-15-8-7-11-23(3)13-21-18(12-20(15)23)19(22(25)26-21)14-24-16(2)17-9-5-4-6-10-17/h4-6,9-10,12,15-16,18-19,21,24H,7-8,11,13-14H2,1-3H3/p+1/t15-,16-,18+,19-,21+,23+/m0/s1. The van der Waals surface area contributed by atoms with Crippen LogP contribution in [0.5, 0.6) is 0 Å². The first-order valence-electron chi connectivity index (χ1n) is 10.3. The molecule has 1 saturated heterocycles. The molecule has 6 atom stereocenters. The molecular formula is C23H32NO2+. The third-order valence-corrected chi connectivity index (χ3v) is 7.15. The van der Waals surface area contributed by atoms with Gasteiger partial charge < -0.3 is 10.1 Å². The Kier molecular flexibility index (Phi) is 4.68. The van der Waals surface area contributed by atoms with Crippen molar-refractivity contribution < 1.29 is 14.8 Å². The number of rotatable bonds is 4. The first kappa shape index (κ1) is 17.8. The average molecular weight is 355 g/mol. The lowest BCUT2D eigenvalue weighted by Crippen LogP contribution is -2.86. The number of ether oxygens (including phenoxy) is 1. The first-order chi connectivity index (χ1) is 12.5. The molecule has 2 N–H and O–H groups in total.